The van der Waals surface area contributed by atoms with Gasteiger partial charge in [-0.2, -0.15) is 5.10 Å². The van der Waals surface area contributed by atoms with Crippen molar-refractivity contribution < 1.29 is 9.47 Å². The fourth-order valence-corrected chi connectivity index (χ4v) is 1.95. The summed E-state index contributed by atoms with van der Waals surface area (Å²) >= 11 is 0. The van der Waals surface area contributed by atoms with E-state index in [0.29, 0.717) is 19.8 Å². The van der Waals surface area contributed by atoms with Gasteiger partial charge in [-0.05, 0) is 37.3 Å². The molecule has 0 saturated heterocycles. The molecule has 2 aromatic rings. The highest BCUT2D eigenvalue weighted by Gasteiger charge is 2.07. The second kappa shape index (κ2) is 6.91. The quantitative estimate of drug-likeness (QED) is 0.726. The lowest BCUT2D eigenvalue weighted by Gasteiger charge is -2.05. The summed E-state index contributed by atoms with van der Waals surface area (Å²) in [7, 11) is 1.94. The fraction of sp³-hybridized carbons (Fsp3) is 0.312. The van der Waals surface area contributed by atoms with Gasteiger partial charge in [-0.1, -0.05) is 12.7 Å². The van der Waals surface area contributed by atoms with Gasteiger partial charge in [0, 0.05) is 19.2 Å². The predicted octanol–water partition coefficient (Wildman–Crippen LogP) is 3.19. The van der Waals surface area contributed by atoms with E-state index in [2.05, 4.69) is 17.7 Å². The molecule has 0 N–H and O–H groups in total. The summed E-state index contributed by atoms with van der Waals surface area (Å²) in [6, 6.07) is 10.0. The molecule has 0 bridgehead atoms. The lowest BCUT2D eigenvalue weighted by Crippen LogP contribution is -1.96. The van der Waals surface area contributed by atoms with E-state index in [1.54, 1.807) is 6.08 Å². The highest BCUT2D eigenvalue weighted by atomic mass is 16.5. The summed E-state index contributed by atoms with van der Waals surface area (Å²) in [4.78, 5) is 0. The Morgan fingerprint density at radius 1 is 1.30 bits per heavy atom. The first-order valence-corrected chi connectivity index (χ1v) is 6.69. The molecule has 1 aromatic heterocycles. The van der Waals surface area contributed by atoms with Crippen molar-refractivity contribution in [2.24, 2.45) is 7.05 Å². The zero-order valence-corrected chi connectivity index (χ0v) is 12.0. The molecule has 0 spiro atoms. The average molecular weight is 272 g/mol. The van der Waals surface area contributed by atoms with Crippen LogP contribution in [0.3, 0.4) is 0 Å². The van der Waals surface area contributed by atoms with Crippen molar-refractivity contribution in [1.82, 2.24) is 9.78 Å². The number of aryl methyl sites for hydroxylation is 1. The lowest BCUT2D eigenvalue weighted by molar-refractivity contribution is 0.131. The topological polar surface area (TPSA) is 36.3 Å². The third kappa shape index (κ3) is 3.48. The minimum absolute atomic E-state index is 0.517. The molecule has 20 heavy (non-hydrogen) atoms. The van der Waals surface area contributed by atoms with Gasteiger partial charge in [0.05, 0.1) is 18.0 Å². The van der Waals surface area contributed by atoms with Crippen LogP contribution in [0.4, 0.5) is 0 Å². The largest absolute Gasteiger partial charge is 0.490 e. The van der Waals surface area contributed by atoms with Gasteiger partial charge in [-0.15, -0.1) is 0 Å². The summed E-state index contributed by atoms with van der Waals surface area (Å²) in [6.45, 7) is 7.37. The Balaban J connectivity index is 2.14. The van der Waals surface area contributed by atoms with Gasteiger partial charge in [0.15, 0.2) is 0 Å². The number of ether oxygens (including phenoxy) is 2. The molecule has 0 fully saturated rings. The number of nitrogens with zero attached hydrogens (tertiary/aromatic N) is 2. The first-order valence-electron chi connectivity index (χ1n) is 6.69. The van der Waals surface area contributed by atoms with Crippen molar-refractivity contribution in [1.29, 1.82) is 0 Å². The maximum atomic E-state index is 5.47. The Bertz CT molecular complexity index is 558. The van der Waals surface area contributed by atoms with E-state index in [4.69, 9.17) is 9.47 Å². The summed E-state index contributed by atoms with van der Waals surface area (Å²) in [5, 5.41) is 4.44. The van der Waals surface area contributed by atoms with Gasteiger partial charge < -0.3 is 9.47 Å². The second-order valence-corrected chi connectivity index (χ2v) is 4.41. The molecule has 0 aliphatic carbocycles. The van der Waals surface area contributed by atoms with Crippen molar-refractivity contribution in [2.75, 3.05) is 13.2 Å². The van der Waals surface area contributed by atoms with Crippen LogP contribution in [0.25, 0.3) is 11.3 Å². The molecule has 0 amide bonds. The van der Waals surface area contributed by atoms with Crippen molar-refractivity contribution in [2.45, 2.75) is 13.5 Å². The summed E-state index contributed by atoms with van der Waals surface area (Å²) in [5.41, 5.74) is 3.11. The summed E-state index contributed by atoms with van der Waals surface area (Å²) in [6.07, 6.45) is 1.73. The third-order valence-corrected chi connectivity index (χ3v) is 2.90. The van der Waals surface area contributed by atoms with Crippen molar-refractivity contribution in [3.05, 3.63) is 48.7 Å². The zero-order valence-electron chi connectivity index (χ0n) is 12.0. The van der Waals surface area contributed by atoms with Crippen LogP contribution in [0.5, 0.6) is 5.75 Å². The molecule has 106 valence electrons. The van der Waals surface area contributed by atoms with Crippen LogP contribution >= 0.6 is 0 Å². The predicted molar refractivity (Wildman–Crippen MR) is 79.7 cm³/mol. The Labute approximate surface area is 119 Å². The maximum Gasteiger partial charge on any atom is 0.119 e. The lowest BCUT2D eigenvalue weighted by atomic mass is 10.1. The molecule has 1 aromatic carbocycles. The van der Waals surface area contributed by atoms with Crippen LogP contribution in [0.15, 0.2) is 43.0 Å². The van der Waals surface area contributed by atoms with Crippen LogP contribution in [0.1, 0.15) is 12.6 Å². The molecule has 4 heteroatoms. The number of hydrogen-bond donors (Lipinski definition) is 0. The Kier molecular flexibility index (Phi) is 4.96. The van der Waals surface area contributed by atoms with E-state index in [-0.39, 0.29) is 0 Å². The van der Waals surface area contributed by atoms with E-state index >= 15 is 0 Å². The first kappa shape index (κ1) is 14.3. The van der Waals surface area contributed by atoms with Crippen LogP contribution < -0.4 is 4.74 Å². The molecule has 0 saturated carbocycles. The van der Waals surface area contributed by atoms with E-state index < -0.39 is 0 Å². The zero-order chi connectivity index (χ0) is 14.4. The van der Waals surface area contributed by atoms with Crippen LogP contribution in [0.2, 0.25) is 0 Å². The van der Waals surface area contributed by atoms with Crippen molar-refractivity contribution in [3.63, 3.8) is 0 Å². The number of rotatable bonds is 7. The molecule has 0 aliphatic rings. The highest BCUT2D eigenvalue weighted by Crippen LogP contribution is 2.23. The molecule has 0 unspecified atom stereocenters. The van der Waals surface area contributed by atoms with E-state index in [0.717, 1.165) is 22.7 Å². The average Bonchev–Trinajstić information content (AvgIpc) is 2.84. The third-order valence-electron chi connectivity index (χ3n) is 2.90. The van der Waals surface area contributed by atoms with Gasteiger partial charge in [0.25, 0.3) is 0 Å². The SMILES string of the molecule is C=CCOc1ccc(-c2cc(COCC)nn2C)cc1. The van der Waals surface area contributed by atoms with Crippen LogP contribution in [-0.2, 0) is 18.4 Å². The van der Waals surface area contributed by atoms with E-state index in [1.165, 1.54) is 0 Å². The van der Waals surface area contributed by atoms with E-state index in [9.17, 15) is 0 Å². The Hall–Kier alpha value is -2.07. The van der Waals surface area contributed by atoms with Gasteiger partial charge in [-0.25, -0.2) is 0 Å². The second-order valence-electron chi connectivity index (χ2n) is 4.41. The maximum absolute atomic E-state index is 5.47. The minimum atomic E-state index is 0.517. The van der Waals surface area contributed by atoms with Gasteiger partial charge in [0.2, 0.25) is 0 Å². The van der Waals surface area contributed by atoms with Crippen molar-refractivity contribution >= 4 is 0 Å². The monoisotopic (exact) mass is 272 g/mol. The molecule has 2 rings (SSSR count). The standard InChI is InChI=1S/C16H20N2O2/c1-4-10-20-15-8-6-13(7-9-15)16-11-14(12-19-5-2)17-18(16)3/h4,6-9,11H,1,5,10,12H2,2-3H3. The molecule has 1 heterocycles. The molecular formula is C16H20N2O2. The van der Waals surface area contributed by atoms with Crippen molar-refractivity contribution in [3.8, 4) is 17.0 Å². The number of benzene rings is 1. The smallest absolute Gasteiger partial charge is 0.119 e. The van der Waals surface area contributed by atoms with Crippen LogP contribution in [0, 0.1) is 0 Å². The Morgan fingerprint density at radius 3 is 2.70 bits per heavy atom. The number of hydrogen-bond acceptors (Lipinski definition) is 3. The molecule has 0 aliphatic heterocycles. The summed E-state index contributed by atoms with van der Waals surface area (Å²) < 4.78 is 12.7. The van der Waals surface area contributed by atoms with Crippen LogP contribution in [-0.4, -0.2) is 23.0 Å². The molecular weight excluding hydrogens is 252 g/mol. The number of aromatic nitrogens is 2. The van der Waals surface area contributed by atoms with Gasteiger partial charge in [-0.3, -0.25) is 4.68 Å². The highest BCUT2D eigenvalue weighted by molar-refractivity contribution is 5.61. The molecule has 0 radical (unpaired) electrons. The van der Waals surface area contributed by atoms with E-state index in [1.807, 2.05) is 42.9 Å². The van der Waals surface area contributed by atoms with Gasteiger partial charge >= 0.3 is 0 Å². The summed E-state index contributed by atoms with van der Waals surface area (Å²) in [5.74, 6) is 0.838. The first-order chi connectivity index (χ1) is 9.74. The fourth-order valence-electron chi connectivity index (χ4n) is 1.95. The Morgan fingerprint density at radius 2 is 2.05 bits per heavy atom. The normalized spacial score (nSPS) is 10.5. The minimum Gasteiger partial charge on any atom is -0.490 e. The molecule has 0 atom stereocenters. The molecule has 4 nitrogen and oxygen atoms in total. The van der Waals surface area contributed by atoms with Gasteiger partial charge in [0.1, 0.15) is 12.4 Å².